The van der Waals surface area contributed by atoms with Crippen LogP contribution in [0.1, 0.15) is 13.3 Å². The summed E-state index contributed by atoms with van der Waals surface area (Å²) < 4.78 is 1.68. The van der Waals surface area contributed by atoms with Gasteiger partial charge in [-0.05, 0) is 12.5 Å². The molecule has 0 spiro atoms. The van der Waals surface area contributed by atoms with Gasteiger partial charge in [-0.2, -0.15) is 0 Å². The fraction of sp³-hybridized carbons (Fsp3) is 0.364. The first-order valence-electron chi connectivity index (χ1n) is 5.71. The van der Waals surface area contributed by atoms with Gasteiger partial charge in [0, 0.05) is 12.7 Å². The zero-order valence-corrected chi connectivity index (χ0v) is 12.5. The Balaban J connectivity index is 2.11. The van der Waals surface area contributed by atoms with Crippen LogP contribution in [0.5, 0.6) is 0 Å². The average Bonchev–Trinajstić information content (AvgIpc) is 2.77. The molecule has 1 amide bonds. The van der Waals surface area contributed by atoms with E-state index in [4.69, 9.17) is 23.2 Å². The highest BCUT2D eigenvalue weighted by atomic mass is 35.5. The molecule has 0 saturated heterocycles. The molecule has 2 rings (SSSR count). The van der Waals surface area contributed by atoms with Crippen LogP contribution in [0, 0.1) is 0 Å². The summed E-state index contributed by atoms with van der Waals surface area (Å²) in [4.78, 5) is 11.5. The maximum atomic E-state index is 11.5. The highest BCUT2D eigenvalue weighted by Gasteiger charge is 2.11. The minimum absolute atomic E-state index is 0.0308. The van der Waals surface area contributed by atoms with Gasteiger partial charge in [-0.25, -0.2) is 0 Å². The second kappa shape index (κ2) is 6.45. The van der Waals surface area contributed by atoms with Crippen molar-refractivity contribution in [1.82, 2.24) is 19.9 Å². The average molecular weight is 319 g/mol. The Kier molecular flexibility index (Phi) is 4.90. The number of nitrogens with one attached hydrogen (secondary N) is 1. The fourth-order valence-electron chi connectivity index (χ4n) is 1.45. The van der Waals surface area contributed by atoms with Crippen LogP contribution in [0.15, 0.2) is 17.4 Å². The van der Waals surface area contributed by atoms with Gasteiger partial charge in [0.2, 0.25) is 5.91 Å². The van der Waals surface area contributed by atoms with Gasteiger partial charge in [0.15, 0.2) is 10.8 Å². The normalized spacial score (nSPS) is 10.9. The lowest BCUT2D eigenvalue weighted by atomic mass is 10.5. The van der Waals surface area contributed by atoms with Gasteiger partial charge in [-0.1, -0.05) is 41.9 Å². The van der Waals surface area contributed by atoms with Gasteiger partial charge in [0.05, 0.1) is 15.8 Å². The number of thioether (sulfide) groups is 1. The standard InChI is InChI=1S/C11H12Cl2N4OS/c1-2-3-14-9(18)6-19-11-16-15-10-8(13)4-7(12)5-17(10)11/h4-5H,2-3,6H2,1H3,(H,14,18). The van der Waals surface area contributed by atoms with Crippen LogP contribution in [0.3, 0.4) is 0 Å². The number of halogens is 2. The predicted molar refractivity (Wildman–Crippen MR) is 77.0 cm³/mol. The van der Waals surface area contributed by atoms with Crippen molar-refractivity contribution in [2.75, 3.05) is 12.3 Å². The molecule has 2 aromatic heterocycles. The van der Waals surface area contributed by atoms with Crippen molar-refractivity contribution in [3.63, 3.8) is 0 Å². The summed E-state index contributed by atoms with van der Waals surface area (Å²) in [5.41, 5.74) is 0.530. The van der Waals surface area contributed by atoms with Gasteiger partial charge in [-0.15, -0.1) is 10.2 Å². The first-order valence-corrected chi connectivity index (χ1v) is 7.45. The van der Waals surface area contributed by atoms with Crippen molar-refractivity contribution >= 4 is 46.5 Å². The number of nitrogens with zero attached hydrogens (tertiary/aromatic N) is 3. The quantitative estimate of drug-likeness (QED) is 0.861. The molecule has 102 valence electrons. The Morgan fingerprint density at radius 3 is 3.00 bits per heavy atom. The molecule has 0 aromatic carbocycles. The topological polar surface area (TPSA) is 59.3 Å². The number of hydrogen-bond donors (Lipinski definition) is 1. The van der Waals surface area contributed by atoms with Gasteiger partial charge < -0.3 is 5.32 Å². The Bertz CT molecular complexity index is 602. The molecule has 0 aliphatic carbocycles. The minimum atomic E-state index is -0.0308. The van der Waals surface area contributed by atoms with Crippen molar-refractivity contribution in [3.05, 3.63) is 22.3 Å². The molecule has 5 nitrogen and oxygen atoms in total. The van der Waals surface area contributed by atoms with Gasteiger partial charge in [0.1, 0.15) is 0 Å². The Labute approximate surface area is 124 Å². The van der Waals surface area contributed by atoms with Crippen LogP contribution >= 0.6 is 35.0 Å². The molecule has 0 fully saturated rings. The molecule has 0 aliphatic heterocycles. The van der Waals surface area contributed by atoms with Gasteiger partial charge in [-0.3, -0.25) is 9.20 Å². The van der Waals surface area contributed by atoms with Crippen LogP contribution in [-0.4, -0.2) is 32.8 Å². The van der Waals surface area contributed by atoms with E-state index in [0.717, 1.165) is 6.42 Å². The zero-order chi connectivity index (χ0) is 13.8. The Hall–Kier alpha value is -0.980. The highest BCUT2D eigenvalue weighted by molar-refractivity contribution is 7.99. The van der Waals surface area contributed by atoms with Crippen LogP contribution in [0.25, 0.3) is 5.65 Å². The van der Waals surface area contributed by atoms with E-state index in [1.54, 1.807) is 16.7 Å². The smallest absolute Gasteiger partial charge is 0.230 e. The maximum absolute atomic E-state index is 11.5. The largest absolute Gasteiger partial charge is 0.355 e. The maximum Gasteiger partial charge on any atom is 0.230 e. The molecule has 19 heavy (non-hydrogen) atoms. The third kappa shape index (κ3) is 3.52. The summed E-state index contributed by atoms with van der Waals surface area (Å²) in [5.74, 6) is 0.252. The fourth-order valence-corrected chi connectivity index (χ4v) is 2.69. The Morgan fingerprint density at radius 1 is 1.47 bits per heavy atom. The minimum Gasteiger partial charge on any atom is -0.355 e. The van der Waals surface area contributed by atoms with Crippen molar-refractivity contribution < 1.29 is 4.79 Å². The first kappa shape index (κ1) is 14.4. The lowest BCUT2D eigenvalue weighted by Gasteiger charge is -2.03. The number of rotatable bonds is 5. The van der Waals surface area contributed by atoms with Crippen LogP contribution in [0.2, 0.25) is 10.0 Å². The molecule has 2 aromatic rings. The first-order chi connectivity index (χ1) is 9.11. The van der Waals surface area contributed by atoms with E-state index in [2.05, 4.69) is 15.5 Å². The van der Waals surface area contributed by atoms with E-state index in [9.17, 15) is 4.79 Å². The highest BCUT2D eigenvalue weighted by Crippen LogP contribution is 2.25. The molecule has 0 radical (unpaired) electrons. The summed E-state index contributed by atoms with van der Waals surface area (Å²) >= 11 is 13.2. The van der Waals surface area contributed by atoms with E-state index in [1.807, 2.05) is 6.92 Å². The van der Waals surface area contributed by atoms with Crippen LogP contribution in [0.4, 0.5) is 0 Å². The summed E-state index contributed by atoms with van der Waals surface area (Å²) in [6, 6.07) is 1.61. The number of aromatic nitrogens is 3. The number of fused-ring (bicyclic) bond motifs is 1. The van der Waals surface area contributed by atoms with Crippen molar-refractivity contribution in [1.29, 1.82) is 0 Å². The molecule has 8 heteroatoms. The number of hydrogen-bond acceptors (Lipinski definition) is 4. The monoisotopic (exact) mass is 318 g/mol. The number of carbonyl (C=O) groups excluding carboxylic acids is 1. The molecular weight excluding hydrogens is 307 g/mol. The van der Waals surface area contributed by atoms with E-state index < -0.39 is 0 Å². The van der Waals surface area contributed by atoms with E-state index in [-0.39, 0.29) is 11.7 Å². The van der Waals surface area contributed by atoms with Crippen LogP contribution < -0.4 is 5.32 Å². The molecule has 0 unspecified atom stereocenters. The summed E-state index contributed by atoms with van der Waals surface area (Å²) in [7, 11) is 0. The number of amides is 1. The Morgan fingerprint density at radius 2 is 2.26 bits per heavy atom. The summed E-state index contributed by atoms with van der Waals surface area (Å²) in [5, 5.41) is 12.3. The lowest BCUT2D eigenvalue weighted by molar-refractivity contribution is -0.118. The molecular formula is C11H12Cl2N4OS. The van der Waals surface area contributed by atoms with Gasteiger partial charge in [0.25, 0.3) is 0 Å². The van der Waals surface area contributed by atoms with Crippen molar-refractivity contribution in [2.24, 2.45) is 0 Å². The van der Waals surface area contributed by atoms with Crippen LogP contribution in [-0.2, 0) is 4.79 Å². The summed E-state index contributed by atoms with van der Waals surface area (Å²) in [6.45, 7) is 2.68. The van der Waals surface area contributed by atoms with Crippen molar-refractivity contribution in [2.45, 2.75) is 18.5 Å². The molecule has 0 atom stereocenters. The van der Waals surface area contributed by atoms with Crippen molar-refractivity contribution in [3.8, 4) is 0 Å². The molecule has 0 saturated carbocycles. The second-order valence-corrected chi connectivity index (χ2v) is 5.61. The number of pyridine rings is 1. The third-order valence-electron chi connectivity index (χ3n) is 2.30. The van der Waals surface area contributed by atoms with Gasteiger partial charge >= 0.3 is 0 Å². The van der Waals surface area contributed by atoms with E-state index in [0.29, 0.717) is 27.4 Å². The lowest BCUT2D eigenvalue weighted by Crippen LogP contribution is -2.25. The SMILES string of the molecule is CCCNC(=O)CSc1nnc2c(Cl)cc(Cl)cn12. The molecule has 0 bridgehead atoms. The second-order valence-electron chi connectivity index (χ2n) is 3.82. The summed E-state index contributed by atoms with van der Waals surface area (Å²) in [6.07, 6.45) is 2.59. The molecule has 0 aliphatic rings. The number of carbonyl (C=O) groups is 1. The molecule has 2 heterocycles. The zero-order valence-electron chi connectivity index (χ0n) is 10.2. The third-order valence-corrected chi connectivity index (χ3v) is 3.73. The van der Waals surface area contributed by atoms with E-state index in [1.165, 1.54) is 11.8 Å². The van der Waals surface area contributed by atoms with E-state index >= 15 is 0 Å². The molecule has 1 N–H and O–H groups in total. The predicted octanol–water partition coefficient (Wildman–Crippen LogP) is 2.65.